The lowest BCUT2D eigenvalue weighted by Gasteiger charge is -2.26. The standard InChI is InChI=1S/C12H21N3/c1-4-15-11(7-8-14-15)9-13-12(2,3)10-5-6-10/h7-8,10,13H,4-6,9H2,1-3H3. The van der Waals surface area contributed by atoms with Gasteiger partial charge < -0.3 is 5.32 Å². The Morgan fingerprint density at radius 3 is 2.87 bits per heavy atom. The molecule has 0 amide bonds. The average Bonchev–Trinajstić information content (AvgIpc) is 2.96. The van der Waals surface area contributed by atoms with Crippen LogP contribution >= 0.6 is 0 Å². The topological polar surface area (TPSA) is 29.9 Å². The van der Waals surface area contributed by atoms with Crippen molar-refractivity contribution in [3.05, 3.63) is 18.0 Å². The Morgan fingerprint density at radius 1 is 1.53 bits per heavy atom. The van der Waals surface area contributed by atoms with Crippen LogP contribution in [0.2, 0.25) is 0 Å². The smallest absolute Gasteiger partial charge is 0.0522 e. The summed E-state index contributed by atoms with van der Waals surface area (Å²) in [6, 6.07) is 2.10. The molecule has 0 aliphatic heterocycles. The molecule has 1 aromatic heterocycles. The number of hydrogen-bond donors (Lipinski definition) is 1. The molecule has 1 aliphatic carbocycles. The Bertz CT molecular complexity index is 323. The van der Waals surface area contributed by atoms with Crippen LogP contribution in [0.15, 0.2) is 12.3 Å². The highest BCUT2D eigenvalue weighted by molar-refractivity contribution is 5.02. The number of rotatable bonds is 5. The molecular formula is C12H21N3. The third kappa shape index (κ3) is 2.40. The highest BCUT2D eigenvalue weighted by atomic mass is 15.3. The van der Waals surface area contributed by atoms with E-state index in [1.54, 1.807) is 0 Å². The summed E-state index contributed by atoms with van der Waals surface area (Å²) in [5.74, 6) is 0.871. The van der Waals surface area contributed by atoms with Crippen LogP contribution in [0.5, 0.6) is 0 Å². The largest absolute Gasteiger partial charge is 0.306 e. The van der Waals surface area contributed by atoms with Crippen molar-refractivity contribution < 1.29 is 0 Å². The van der Waals surface area contributed by atoms with E-state index in [1.165, 1.54) is 18.5 Å². The quantitative estimate of drug-likeness (QED) is 0.802. The van der Waals surface area contributed by atoms with Gasteiger partial charge in [0.1, 0.15) is 0 Å². The van der Waals surface area contributed by atoms with Crippen molar-refractivity contribution in [3.63, 3.8) is 0 Å². The first-order valence-corrected chi connectivity index (χ1v) is 5.89. The van der Waals surface area contributed by atoms with Gasteiger partial charge in [0.2, 0.25) is 0 Å². The minimum Gasteiger partial charge on any atom is -0.306 e. The summed E-state index contributed by atoms with van der Waals surface area (Å²) in [4.78, 5) is 0. The van der Waals surface area contributed by atoms with Gasteiger partial charge >= 0.3 is 0 Å². The second-order valence-electron chi connectivity index (χ2n) is 4.99. The Labute approximate surface area is 91.9 Å². The third-order valence-corrected chi connectivity index (χ3v) is 3.43. The lowest BCUT2D eigenvalue weighted by Crippen LogP contribution is -2.41. The van der Waals surface area contributed by atoms with E-state index in [4.69, 9.17) is 0 Å². The molecule has 15 heavy (non-hydrogen) atoms. The van der Waals surface area contributed by atoms with Gasteiger partial charge in [-0.15, -0.1) is 0 Å². The van der Waals surface area contributed by atoms with Crippen molar-refractivity contribution in [2.24, 2.45) is 5.92 Å². The minimum absolute atomic E-state index is 0.281. The normalized spacial score (nSPS) is 17.0. The summed E-state index contributed by atoms with van der Waals surface area (Å²) >= 11 is 0. The summed E-state index contributed by atoms with van der Waals surface area (Å²) < 4.78 is 2.05. The molecule has 1 saturated carbocycles. The predicted molar refractivity (Wildman–Crippen MR) is 61.5 cm³/mol. The third-order valence-electron chi connectivity index (χ3n) is 3.43. The average molecular weight is 207 g/mol. The Morgan fingerprint density at radius 2 is 2.27 bits per heavy atom. The molecule has 0 saturated heterocycles. The van der Waals surface area contributed by atoms with Crippen LogP contribution in [0.25, 0.3) is 0 Å². The van der Waals surface area contributed by atoms with E-state index >= 15 is 0 Å². The van der Waals surface area contributed by atoms with Crippen molar-refractivity contribution in [3.8, 4) is 0 Å². The molecule has 1 N–H and O–H groups in total. The van der Waals surface area contributed by atoms with Crippen LogP contribution in [-0.4, -0.2) is 15.3 Å². The van der Waals surface area contributed by atoms with Crippen LogP contribution in [0.3, 0.4) is 0 Å². The zero-order chi connectivity index (χ0) is 10.9. The summed E-state index contributed by atoms with van der Waals surface area (Å²) in [6.45, 7) is 8.61. The van der Waals surface area contributed by atoms with Crippen molar-refractivity contribution >= 4 is 0 Å². The van der Waals surface area contributed by atoms with Gasteiger partial charge in [-0.05, 0) is 45.6 Å². The molecule has 84 valence electrons. The summed E-state index contributed by atoms with van der Waals surface area (Å²) in [5.41, 5.74) is 1.56. The van der Waals surface area contributed by atoms with E-state index in [2.05, 4.69) is 41.9 Å². The SMILES string of the molecule is CCn1nccc1CNC(C)(C)C1CC1. The lowest BCUT2D eigenvalue weighted by atomic mass is 9.99. The van der Waals surface area contributed by atoms with Gasteiger partial charge in [0.05, 0.1) is 5.69 Å². The molecule has 0 spiro atoms. The van der Waals surface area contributed by atoms with Crippen LogP contribution in [-0.2, 0) is 13.1 Å². The molecule has 0 unspecified atom stereocenters. The highest BCUT2D eigenvalue weighted by Gasteiger charge is 2.37. The van der Waals surface area contributed by atoms with Crippen LogP contribution < -0.4 is 5.32 Å². The van der Waals surface area contributed by atoms with Gasteiger partial charge in [-0.25, -0.2) is 0 Å². The molecule has 0 aromatic carbocycles. The Kier molecular flexibility index (Phi) is 2.83. The molecule has 1 heterocycles. The van der Waals surface area contributed by atoms with Crippen molar-refractivity contribution in [2.45, 2.75) is 52.2 Å². The molecule has 1 fully saturated rings. The fraction of sp³-hybridized carbons (Fsp3) is 0.750. The first-order valence-electron chi connectivity index (χ1n) is 5.89. The van der Waals surface area contributed by atoms with E-state index in [0.717, 1.165) is 19.0 Å². The number of aromatic nitrogens is 2. The van der Waals surface area contributed by atoms with Gasteiger partial charge in [-0.2, -0.15) is 5.10 Å². The maximum atomic E-state index is 4.27. The molecule has 1 aliphatic rings. The molecular weight excluding hydrogens is 186 g/mol. The van der Waals surface area contributed by atoms with Crippen molar-refractivity contribution in [2.75, 3.05) is 0 Å². The van der Waals surface area contributed by atoms with E-state index in [-0.39, 0.29) is 5.54 Å². The van der Waals surface area contributed by atoms with Gasteiger partial charge in [-0.1, -0.05) is 0 Å². The lowest BCUT2D eigenvalue weighted by molar-refractivity contribution is 0.334. The van der Waals surface area contributed by atoms with Gasteiger partial charge in [0.15, 0.2) is 0 Å². The molecule has 0 radical (unpaired) electrons. The van der Waals surface area contributed by atoms with Crippen LogP contribution in [0.1, 0.15) is 39.3 Å². The number of aryl methyl sites for hydroxylation is 1. The summed E-state index contributed by atoms with van der Waals surface area (Å²) in [6.07, 6.45) is 4.64. The molecule has 1 aromatic rings. The first-order chi connectivity index (χ1) is 7.13. The minimum atomic E-state index is 0.281. The van der Waals surface area contributed by atoms with Gasteiger partial charge in [0, 0.05) is 24.8 Å². The van der Waals surface area contributed by atoms with Crippen molar-refractivity contribution in [1.29, 1.82) is 0 Å². The van der Waals surface area contributed by atoms with E-state index in [0.29, 0.717) is 0 Å². The van der Waals surface area contributed by atoms with E-state index in [9.17, 15) is 0 Å². The second-order valence-corrected chi connectivity index (χ2v) is 4.99. The van der Waals surface area contributed by atoms with Crippen molar-refractivity contribution in [1.82, 2.24) is 15.1 Å². The fourth-order valence-corrected chi connectivity index (χ4v) is 2.06. The molecule has 3 heteroatoms. The van der Waals surface area contributed by atoms with Gasteiger partial charge in [-0.3, -0.25) is 4.68 Å². The predicted octanol–water partition coefficient (Wildman–Crippen LogP) is 2.18. The molecule has 3 nitrogen and oxygen atoms in total. The fourth-order valence-electron chi connectivity index (χ4n) is 2.06. The number of nitrogens with one attached hydrogen (secondary N) is 1. The zero-order valence-electron chi connectivity index (χ0n) is 9.95. The zero-order valence-corrected chi connectivity index (χ0v) is 9.95. The monoisotopic (exact) mass is 207 g/mol. The van der Waals surface area contributed by atoms with Gasteiger partial charge in [0.25, 0.3) is 0 Å². The Balaban J connectivity index is 1.92. The molecule has 2 rings (SSSR count). The maximum Gasteiger partial charge on any atom is 0.0522 e. The molecule has 0 atom stereocenters. The Hall–Kier alpha value is -0.830. The summed E-state index contributed by atoms with van der Waals surface area (Å²) in [7, 11) is 0. The summed E-state index contributed by atoms with van der Waals surface area (Å²) in [5, 5.41) is 7.91. The van der Waals surface area contributed by atoms with E-state index < -0.39 is 0 Å². The second kappa shape index (κ2) is 3.97. The maximum absolute atomic E-state index is 4.27. The van der Waals surface area contributed by atoms with Crippen LogP contribution in [0.4, 0.5) is 0 Å². The number of hydrogen-bond acceptors (Lipinski definition) is 2. The first kappa shape index (κ1) is 10.7. The molecule has 0 bridgehead atoms. The van der Waals surface area contributed by atoms with Crippen LogP contribution in [0, 0.1) is 5.92 Å². The van der Waals surface area contributed by atoms with E-state index in [1.807, 2.05) is 6.20 Å². The number of nitrogens with zero attached hydrogens (tertiary/aromatic N) is 2. The highest BCUT2D eigenvalue weighted by Crippen LogP contribution is 2.39.